The van der Waals surface area contributed by atoms with Gasteiger partial charge in [-0.3, -0.25) is 4.79 Å². The number of hydrogen-bond acceptors (Lipinski definition) is 7. The summed E-state index contributed by atoms with van der Waals surface area (Å²) in [5.74, 6) is -1.64. The predicted molar refractivity (Wildman–Crippen MR) is 115 cm³/mol. The Kier molecular flexibility index (Phi) is 8.20. The van der Waals surface area contributed by atoms with Gasteiger partial charge in [-0.2, -0.15) is 4.98 Å². The molecule has 9 nitrogen and oxygen atoms in total. The minimum Gasteiger partial charge on any atom is -0.475 e. The van der Waals surface area contributed by atoms with Crippen LogP contribution in [0.2, 0.25) is 0 Å². The van der Waals surface area contributed by atoms with Gasteiger partial charge >= 0.3 is 6.09 Å². The van der Waals surface area contributed by atoms with Crippen LogP contribution in [0.1, 0.15) is 41.6 Å². The van der Waals surface area contributed by atoms with Crippen LogP contribution >= 0.6 is 0 Å². The van der Waals surface area contributed by atoms with Crippen LogP contribution in [0.5, 0.6) is 5.88 Å². The zero-order chi connectivity index (χ0) is 22.9. The van der Waals surface area contributed by atoms with Gasteiger partial charge in [-0.15, -0.1) is 0 Å². The van der Waals surface area contributed by atoms with Crippen LogP contribution in [0.15, 0.2) is 36.4 Å². The number of nitrogens with zero attached hydrogens (tertiary/aromatic N) is 1. The number of carbonyl (C=O) groups excluding carboxylic acids is 2. The van der Waals surface area contributed by atoms with Crippen LogP contribution in [-0.2, 0) is 16.1 Å². The Balaban J connectivity index is 1.56. The summed E-state index contributed by atoms with van der Waals surface area (Å²) in [6.07, 6.45) is 1.44. The number of pyridine rings is 1. The number of carbonyl (C=O) groups is 2. The number of primary amides is 2. The highest BCUT2D eigenvalue weighted by Crippen LogP contribution is 2.27. The molecule has 0 saturated heterocycles. The lowest BCUT2D eigenvalue weighted by Crippen LogP contribution is -2.32. The van der Waals surface area contributed by atoms with Crippen molar-refractivity contribution in [2.75, 3.05) is 18.5 Å². The Hall–Kier alpha value is -3.40. The molecule has 1 fully saturated rings. The first-order valence-corrected chi connectivity index (χ1v) is 10.4. The minimum atomic E-state index is -0.840. The summed E-state index contributed by atoms with van der Waals surface area (Å²) in [5.41, 5.74) is 11.3. The molecule has 1 aliphatic rings. The monoisotopic (exact) mass is 446 g/mol. The quantitative estimate of drug-likeness (QED) is 0.477. The predicted octanol–water partition coefficient (Wildman–Crippen LogP) is 2.73. The maximum Gasteiger partial charge on any atom is 0.404 e. The highest BCUT2D eigenvalue weighted by atomic mass is 19.1. The van der Waals surface area contributed by atoms with Crippen LogP contribution in [-0.4, -0.2) is 42.3 Å². The molecule has 1 aromatic heterocycles. The van der Waals surface area contributed by atoms with Gasteiger partial charge in [0.2, 0.25) is 5.88 Å². The number of ether oxygens (including phenoxy) is 3. The molecular weight excluding hydrogens is 419 g/mol. The van der Waals surface area contributed by atoms with Gasteiger partial charge in [-0.1, -0.05) is 30.3 Å². The highest BCUT2D eigenvalue weighted by Gasteiger charge is 2.25. The standard InChI is InChI=1S/C22H27FN4O5/c23-18-12-17(19(24)28)21(31-11-10-30-13-14-4-2-1-3-5-14)27-20(18)26-15-6-8-16(9-7-15)32-22(25)29/h1-5,12,15-16H,6-11,13H2,(H2,24,28)(H2,25,29)(H,26,27). The van der Waals surface area contributed by atoms with Crippen molar-refractivity contribution >= 4 is 17.8 Å². The van der Waals surface area contributed by atoms with E-state index in [4.69, 9.17) is 25.7 Å². The van der Waals surface area contributed by atoms with E-state index >= 15 is 0 Å². The van der Waals surface area contributed by atoms with Gasteiger partial charge in [-0.25, -0.2) is 9.18 Å². The SMILES string of the molecule is NC(=O)OC1CCC(Nc2nc(OCCOCc3ccccc3)c(C(N)=O)cc2F)CC1. The first-order valence-electron chi connectivity index (χ1n) is 10.4. The number of halogens is 1. The third-order valence-corrected chi connectivity index (χ3v) is 5.08. The van der Waals surface area contributed by atoms with Crippen molar-refractivity contribution in [1.29, 1.82) is 0 Å². The molecule has 5 N–H and O–H groups in total. The van der Waals surface area contributed by atoms with Crippen LogP contribution in [0.4, 0.5) is 15.0 Å². The molecule has 0 radical (unpaired) electrons. The zero-order valence-corrected chi connectivity index (χ0v) is 17.6. The molecule has 172 valence electrons. The van der Waals surface area contributed by atoms with Crippen molar-refractivity contribution in [3.8, 4) is 5.88 Å². The maximum absolute atomic E-state index is 14.5. The molecule has 0 aliphatic heterocycles. The first-order chi connectivity index (χ1) is 15.4. The summed E-state index contributed by atoms with van der Waals surface area (Å²) in [4.78, 5) is 26.7. The van der Waals surface area contributed by atoms with Crippen LogP contribution in [0.25, 0.3) is 0 Å². The third kappa shape index (κ3) is 6.81. The second-order valence-electron chi connectivity index (χ2n) is 7.48. The van der Waals surface area contributed by atoms with Gasteiger partial charge in [0.1, 0.15) is 18.3 Å². The number of nitrogens with one attached hydrogen (secondary N) is 1. The summed E-state index contributed by atoms with van der Waals surface area (Å²) in [5, 5.41) is 3.03. The smallest absolute Gasteiger partial charge is 0.404 e. The van der Waals surface area contributed by atoms with Crippen molar-refractivity contribution in [2.45, 2.75) is 44.4 Å². The van der Waals surface area contributed by atoms with Gasteiger partial charge in [0.05, 0.1) is 13.2 Å². The summed E-state index contributed by atoms with van der Waals surface area (Å²) in [6.45, 7) is 0.776. The number of anilines is 1. The van der Waals surface area contributed by atoms with E-state index in [1.807, 2.05) is 30.3 Å². The minimum absolute atomic E-state index is 0.0329. The number of hydrogen-bond donors (Lipinski definition) is 3. The fraction of sp³-hybridized carbons (Fsp3) is 0.409. The molecule has 2 amide bonds. The van der Waals surface area contributed by atoms with E-state index in [-0.39, 0.29) is 42.6 Å². The number of rotatable bonds is 10. The lowest BCUT2D eigenvalue weighted by atomic mass is 9.93. The van der Waals surface area contributed by atoms with Gasteiger partial charge in [0.25, 0.3) is 5.91 Å². The highest BCUT2D eigenvalue weighted by molar-refractivity contribution is 5.95. The first kappa shape index (κ1) is 23.3. The van der Waals surface area contributed by atoms with E-state index in [0.717, 1.165) is 11.6 Å². The van der Waals surface area contributed by atoms with Crippen molar-refractivity contribution in [3.63, 3.8) is 0 Å². The van der Waals surface area contributed by atoms with E-state index in [1.165, 1.54) is 0 Å². The molecule has 2 aromatic rings. The van der Waals surface area contributed by atoms with E-state index in [2.05, 4.69) is 10.3 Å². The van der Waals surface area contributed by atoms with Gasteiger partial charge < -0.3 is 31.0 Å². The second-order valence-corrected chi connectivity index (χ2v) is 7.48. The summed E-state index contributed by atoms with van der Waals surface area (Å²) >= 11 is 0. The summed E-state index contributed by atoms with van der Waals surface area (Å²) < 4.78 is 30.6. The van der Waals surface area contributed by atoms with Gasteiger partial charge in [0, 0.05) is 6.04 Å². The summed E-state index contributed by atoms with van der Waals surface area (Å²) in [6, 6.07) is 10.6. The molecule has 0 bridgehead atoms. The molecule has 1 aromatic carbocycles. The Morgan fingerprint density at radius 2 is 1.81 bits per heavy atom. The molecule has 1 heterocycles. The Labute approximate surface area is 185 Å². The van der Waals surface area contributed by atoms with Crippen molar-refractivity contribution in [1.82, 2.24) is 4.98 Å². The summed E-state index contributed by atoms with van der Waals surface area (Å²) in [7, 11) is 0. The molecule has 10 heteroatoms. The molecular formula is C22H27FN4O5. The van der Waals surface area contributed by atoms with E-state index in [9.17, 15) is 14.0 Å². The topological polar surface area (TPSA) is 139 Å². The number of nitrogens with two attached hydrogens (primary N) is 2. The molecule has 1 aliphatic carbocycles. The van der Waals surface area contributed by atoms with Gasteiger partial charge in [-0.05, 0) is 37.3 Å². The van der Waals surface area contributed by atoms with Crippen LogP contribution < -0.4 is 21.5 Å². The average molecular weight is 446 g/mol. The fourth-order valence-electron chi connectivity index (χ4n) is 3.50. The lowest BCUT2D eigenvalue weighted by molar-refractivity contribution is 0.0804. The van der Waals surface area contributed by atoms with Crippen LogP contribution in [0.3, 0.4) is 0 Å². The fourth-order valence-corrected chi connectivity index (χ4v) is 3.50. The third-order valence-electron chi connectivity index (χ3n) is 5.08. The molecule has 0 spiro atoms. The molecule has 1 saturated carbocycles. The Morgan fingerprint density at radius 1 is 1.09 bits per heavy atom. The molecule has 0 atom stereocenters. The van der Waals surface area contributed by atoms with Crippen molar-refractivity contribution < 1.29 is 28.2 Å². The lowest BCUT2D eigenvalue weighted by Gasteiger charge is -2.29. The molecule has 3 rings (SSSR count). The number of aromatic nitrogens is 1. The van der Waals surface area contributed by atoms with Gasteiger partial charge in [0.15, 0.2) is 11.6 Å². The molecule has 0 unspecified atom stereocenters. The van der Waals surface area contributed by atoms with Crippen molar-refractivity contribution in [2.24, 2.45) is 11.5 Å². The Bertz CT molecular complexity index is 920. The maximum atomic E-state index is 14.5. The molecule has 32 heavy (non-hydrogen) atoms. The average Bonchev–Trinajstić information content (AvgIpc) is 2.77. The normalized spacial score (nSPS) is 18.0. The van der Waals surface area contributed by atoms with Crippen molar-refractivity contribution in [3.05, 3.63) is 53.3 Å². The van der Waals surface area contributed by atoms with E-state index in [1.54, 1.807) is 0 Å². The van der Waals surface area contributed by atoms with E-state index in [0.29, 0.717) is 32.3 Å². The largest absolute Gasteiger partial charge is 0.475 e. The van der Waals surface area contributed by atoms with Crippen LogP contribution in [0, 0.1) is 5.82 Å². The second kappa shape index (κ2) is 11.3. The Morgan fingerprint density at radius 3 is 2.47 bits per heavy atom. The number of benzene rings is 1. The number of amides is 2. The van der Waals surface area contributed by atoms with E-state index < -0.39 is 17.8 Å². The zero-order valence-electron chi connectivity index (χ0n) is 17.6.